The number of hydrogen-bond acceptors (Lipinski definition) is 4. The van der Waals surface area contributed by atoms with E-state index in [1.165, 1.54) is 16.7 Å². The summed E-state index contributed by atoms with van der Waals surface area (Å²) in [6.45, 7) is 3.74. The van der Waals surface area contributed by atoms with Gasteiger partial charge in [0.25, 0.3) is 0 Å². The summed E-state index contributed by atoms with van der Waals surface area (Å²) in [7, 11) is 1.71. The largest absolute Gasteiger partial charge is 0.493 e. The summed E-state index contributed by atoms with van der Waals surface area (Å²) < 4.78 is 11.2. The van der Waals surface area contributed by atoms with Crippen LogP contribution in [0.25, 0.3) is 11.1 Å². The van der Waals surface area contributed by atoms with Crippen LogP contribution in [0.4, 0.5) is 0 Å². The van der Waals surface area contributed by atoms with Gasteiger partial charge in [0.05, 0.1) is 12.5 Å². The Bertz CT molecular complexity index is 1180. The highest BCUT2D eigenvalue weighted by molar-refractivity contribution is 5.81. The maximum absolute atomic E-state index is 14.1. The van der Waals surface area contributed by atoms with Crippen LogP contribution in [0.1, 0.15) is 42.7 Å². The van der Waals surface area contributed by atoms with E-state index in [1.54, 1.807) is 7.11 Å². The SMILES string of the molecule is COCCCOc1ccccc1CCN(C(=O)C1CNCC[C@@H]1c1cccc(-c2ccccc2)c1)C1CC1. The Balaban J connectivity index is 1.30. The van der Waals surface area contributed by atoms with Crippen molar-refractivity contribution in [2.24, 2.45) is 5.92 Å². The lowest BCUT2D eigenvalue weighted by atomic mass is 9.79. The van der Waals surface area contributed by atoms with Gasteiger partial charge in [-0.15, -0.1) is 0 Å². The van der Waals surface area contributed by atoms with Crippen LogP contribution in [0.2, 0.25) is 0 Å². The summed E-state index contributed by atoms with van der Waals surface area (Å²) in [5.41, 5.74) is 4.87. The minimum atomic E-state index is -0.0455. The molecular weight excluding hydrogens is 472 g/mol. The molecule has 1 heterocycles. The minimum absolute atomic E-state index is 0.0455. The van der Waals surface area contributed by atoms with Gasteiger partial charge < -0.3 is 19.7 Å². The third-order valence-electron chi connectivity index (χ3n) is 7.84. The van der Waals surface area contributed by atoms with Gasteiger partial charge in [0.15, 0.2) is 0 Å². The van der Waals surface area contributed by atoms with Crippen LogP contribution in [-0.2, 0) is 16.0 Å². The lowest BCUT2D eigenvalue weighted by Crippen LogP contribution is -2.47. The van der Waals surface area contributed by atoms with Crippen molar-refractivity contribution in [2.75, 3.05) is 40.0 Å². The van der Waals surface area contributed by atoms with Gasteiger partial charge in [0.2, 0.25) is 5.91 Å². The van der Waals surface area contributed by atoms with E-state index < -0.39 is 0 Å². The van der Waals surface area contributed by atoms with Gasteiger partial charge in [-0.3, -0.25) is 4.79 Å². The Kier molecular flexibility index (Phi) is 9.11. The highest BCUT2D eigenvalue weighted by atomic mass is 16.5. The Morgan fingerprint density at radius 3 is 2.53 bits per heavy atom. The smallest absolute Gasteiger partial charge is 0.227 e. The second-order valence-electron chi connectivity index (χ2n) is 10.5. The van der Waals surface area contributed by atoms with Crippen LogP contribution in [0.15, 0.2) is 78.9 Å². The first-order valence-electron chi connectivity index (χ1n) is 14.1. The molecule has 0 bridgehead atoms. The number of benzene rings is 3. The zero-order valence-corrected chi connectivity index (χ0v) is 22.5. The molecule has 1 saturated heterocycles. The Morgan fingerprint density at radius 1 is 0.921 bits per heavy atom. The molecule has 38 heavy (non-hydrogen) atoms. The molecule has 1 aliphatic heterocycles. The fourth-order valence-electron chi connectivity index (χ4n) is 5.65. The van der Waals surface area contributed by atoms with Gasteiger partial charge in [-0.1, -0.05) is 72.8 Å². The molecule has 1 aliphatic carbocycles. The van der Waals surface area contributed by atoms with Crippen molar-refractivity contribution in [3.05, 3.63) is 90.0 Å². The van der Waals surface area contributed by atoms with Gasteiger partial charge >= 0.3 is 0 Å². The molecule has 0 radical (unpaired) electrons. The van der Waals surface area contributed by atoms with Gasteiger partial charge in [-0.05, 0) is 66.5 Å². The molecule has 1 N–H and O–H groups in total. The van der Waals surface area contributed by atoms with Gasteiger partial charge in [-0.2, -0.15) is 0 Å². The number of carbonyl (C=O) groups is 1. The van der Waals surface area contributed by atoms with Crippen molar-refractivity contribution in [1.29, 1.82) is 0 Å². The fraction of sp³-hybridized carbons (Fsp3) is 0.424. The molecule has 2 aliphatic rings. The minimum Gasteiger partial charge on any atom is -0.493 e. The van der Waals surface area contributed by atoms with Crippen LogP contribution in [0.5, 0.6) is 5.75 Å². The van der Waals surface area contributed by atoms with Crippen molar-refractivity contribution in [3.8, 4) is 16.9 Å². The first-order valence-corrected chi connectivity index (χ1v) is 14.1. The summed E-state index contributed by atoms with van der Waals surface area (Å²) in [4.78, 5) is 16.3. The number of nitrogens with zero attached hydrogens (tertiary/aromatic N) is 1. The monoisotopic (exact) mass is 512 g/mol. The predicted octanol–water partition coefficient (Wildman–Crippen LogP) is 5.70. The first kappa shape index (κ1) is 26.5. The number of rotatable bonds is 12. The number of ether oxygens (including phenoxy) is 2. The van der Waals surface area contributed by atoms with E-state index in [0.29, 0.717) is 25.2 Å². The van der Waals surface area contributed by atoms with Crippen LogP contribution in [0.3, 0.4) is 0 Å². The lowest BCUT2D eigenvalue weighted by Gasteiger charge is -2.36. The van der Waals surface area contributed by atoms with E-state index in [4.69, 9.17) is 9.47 Å². The maximum Gasteiger partial charge on any atom is 0.227 e. The average molecular weight is 513 g/mol. The molecular formula is C33H40N2O3. The third kappa shape index (κ3) is 6.64. The lowest BCUT2D eigenvalue weighted by molar-refractivity contribution is -0.137. The molecule has 1 unspecified atom stereocenters. The summed E-state index contributed by atoms with van der Waals surface area (Å²) in [5.74, 6) is 1.40. The molecule has 0 spiro atoms. The average Bonchev–Trinajstić information content (AvgIpc) is 3.82. The van der Waals surface area contributed by atoms with Crippen molar-refractivity contribution in [3.63, 3.8) is 0 Å². The number of amides is 1. The number of para-hydroxylation sites is 1. The van der Waals surface area contributed by atoms with Crippen molar-refractivity contribution >= 4 is 5.91 Å². The molecule has 1 saturated carbocycles. The van der Waals surface area contributed by atoms with Gasteiger partial charge in [0, 0.05) is 39.3 Å². The van der Waals surface area contributed by atoms with Crippen LogP contribution in [-0.4, -0.2) is 56.8 Å². The molecule has 5 heteroatoms. The summed E-state index contributed by atoms with van der Waals surface area (Å²) >= 11 is 0. The highest BCUT2D eigenvalue weighted by Gasteiger charge is 2.40. The van der Waals surface area contributed by atoms with Crippen LogP contribution >= 0.6 is 0 Å². The molecule has 2 atom stereocenters. The molecule has 3 aromatic carbocycles. The summed E-state index contributed by atoms with van der Waals surface area (Å²) in [6.07, 6.45) is 4.85. The quantitative estimate of drug-likeness (QED) is 0.317. The van der Waals surface area contributed by atoms with Crippen molar-refractivity contribution in [2.45, 2.75) is 44.1 Å². The molecule has 1 amide bonds. The zero-order chi connectivity index (χ0) is 26.2. The molecule has 2 fully saturated rings. The Labute approximate surface area is 227 Å². The van der Waals surface area contributed by atoms with E-state index in [2.05, 4.69) is 70.9 Å². The topological polar surface area (TPSA) is 50.8 Å². The number of piperidine rings is 1. The number of methoxy groups -OCH3 is 1. The molecule has 5 rings (SSSR count). The van der Waals surface area contributed by atoms with Crippen molar-refractivity contribution < 1.29 is 14.3 Å². The van der Waals surface area contributed by atoms with Crippen LogP contribution < -0.4 is 10.1 Å². The third-order valence-corrected chi connectivity index (χ3v) is 7.84. The van der Waals surface area contributed by atoms with E-state index >= 15 is 0 Å². The van der Waals surface area contributed by atoms with E-state index in [0.717, 1.165) is 63.1 Å². The summed E-state index contributed by atoms with van der Waals surface area (Å²) in [5, 5.41) is 3.51. The maximum atomic E-state index is 14.1. The van der Waals surface area contributed by atoms with Gasteiger partial charge in [0.1, 0.15) is 5.75 Å². The Hall–Kier alpha value is -3.15. The fourth-order valence-corrected chi connectivity index (χ4v) is 5.65. The predicted molar refractivity (Wildman–Crippen MR) is 152 cm³/mol. The number of nitrogens with one attached hydrogen (secondary N) is 1. The van der Waals surface area contributed by atoms with E-state index in [-0.39, 0.29) is 11.8 Å². The standard InChI is InChI=1S/C33H40N2O3/c1-37-21-8-22-38-32-14-6-5-11-26(32)18-20-35(29-15-16-29)33(36)31-24-34-19-17-30(31)28-13-7-12-27(23-28)25-9-3-2-4-10-25/h2-7,9-14,23,29-31,34H,8,15-22,24H2,1H3/t30-,31?/m1/s1. The highest BCUT2D eigenvalue weighted by Crippen LogP contribution is 2.37. The first-order chi connectivity index (χ1) is 18.7. The second-order valence-corrected chi connectivity index (χ2v) is 10.5. The zero-order valence-electron chi connectivity index (χ0n) is 22.5. The van der Waals surface area contributed by atoms with Crippen molar-refractivity contribution in [1.82, 2.24) is 10.2 Å². The normalized spacial score (nSPS) is 19.2. The molecule has 0 aromatic heterocycles. The summed E-state index contributed by atoms with van der Waals surface area (Å²) in [6, 6.07) is 27.9. The second kappa shape index (κ2) is 13.1. The van der Waals surface area contributed by atoms with Crippen LogP contribution in [0, 0.1) is 5.92 Å². The molecule has 200 valence electrons. The van der Waals surface area contributed by atoms with E-state index in [9.17, 15) is 4.79 Å². The Morgan fingerprint density at radius 2 is 1.71 bits per heavy atom. The number of hydrogen-bond donors (Lipinski definition) is 1. The molecule has 3 aromatic rings. The van der Waals surface area contributed by atoms with E-state index in [1.807, 2.05) is 18.2 Å². The molecule has 5 nitrogen and oxygen atoms in total. The number of carbonyl (C=O) groups excluding carboxylic acids is 1. The van der Waals surface area contributed by atoms with Gasteiger partial charge in [-0.25, -0.2) is 0 Å².